The molecule has 2 aliphatic rings. The predicted molar refractivity (Wildman–Crippen MR) is 86.7 cm³/mol. The summed E-state index contributed by atoms with van der Waals surface area (Å²) in [6, 6.07) is 3.83. The number of nitrogens with zero attached hydrogens (tertiary/aromatic N) is 3. The Bertz CT molecular complexity index is 685. The second-order valence-corrected chi connectivity index (χ2v) is 6.25. The number of pyridine rings is 1. The molecule has 23 heavy (non-hydrogen) atoms. The van der Waals surface area contributed by atoms with E-state index in [2.05, 4.69) is 20.2 Å². The first-order valence-electron chi connectivity index (χ1n) is 8.27. The number of anilines is 2. The summed E-state index contributed by atoms with van der Waals surface area (Å²) in [6.07, 6.45) is 8.98. The highest BCUT2D eigenvalue weighted by molar-refractivity contribution is 6.02. The molecule has 0 radical (unpaired) electrons. The first-order valence-corrected chi connectivity index (χ1v) is 8.27. The van der Waals surface area contributed by atoms with Gasteiger partial charge in [0.25, 0.3) is 5.91 Å². The van der Waals surface area contributed by atoms with Crippen LogP contribution in [0.1, 0.15) is 54.4 Å². The van der Waals surface area contributed by atoms with E-state index in [1.807, 2.05) is 12.1 Å². The predicted octanol–water partition coefficient (Wildman–Crippen LogP) is 3.19. The van der Waals surface area contributed by atoms with E-state index in [1.165, 1.54) is 25.5 Å². The number of carbonyl (C=O) groups excluding carboxylic acids is 1. The van der Waals surface area contributed by atoms with Gasteiger partial charge in [0.15, 0.2) is 11.6 Å². The number of hydrogen-bond donors (Lipinski definition) is 1. The minimum atomic E-state index is -0.255. The molecule has 1 amide bonds. The van der Waals surface area contributed by atoms with Crippen molar-refractivity contribution in [3.63, 3.8) is 0 Å². The highest BCUT2D eigenvalue weighted by Crippen LogP contribution is 2.35. The molecule has 6 heteroatoms. The van der Waals surface area contributed by atoms with Crippen LogP contribution in [0.3, 0.4) is 0 Å². The van der Waals surface area contributed by atoms with Crippen LogP contribution in [0.25, 0.3) is 0 Å². The number of rotatable bonds is 4. The largest absolute Gasteiger partial charge is 0.448 e. The normalized spacial score (nSPS) is 18.0. The van der Waals surface area contributed by atoms with Crippen molar-refractivity contribution in [3.05, 3.63) is 36.2 Å². The molecular formula is C17H20N4O2. The van der Waals surface area contributed by atoms with E-state index in [1.54, 1.807) is 6.20 Å². The standard InChI is InChI=1S/C17H20N4O2/c22-16(14-11-23-17(20-14)12-4-3-5-12)19-13-6-7-15(18-10-13)21-8-1-2-9-21/h6-7,10-12H,1-5,8-9H2,(H,19,22). The molecule has 0 bridgehead atoms. The maximum atomic E-state index is 12.2. The Balaban J connectivity index is 1.40. The van der Waals surface area contributed by atoms with Gasteiger partial charge in [0.2, 0.25) is 0 Å². The van der Waals surface area contributed by atoms with E-state index < -0.39 is 0 Å². The third-order valence-corrected chi connectivity index (χ3v) is 4.64. The lowest BCUT2D eigenvalue weighted by Gasteiger charge is -2.21. The molecule has 120 valence electrons. The third kappa shape index (κ3) is 2.93. The average molecular weight is 312 g/mol. The summed E-state index contributed by atoms with van der Waals surface area (Å²) in [7, 11) is 0. The van der Waals surface area contributed by atoms with Crippen LogP contribution in [-0.4, -0.2) is 29.0 Å². The van der Waals surface area contributed by atoms with Crippen LogP contribution in [0.15, 0.2) is 29.0 Å². The van der Waals surface area contributed by atoms with Crippen molar-refractivity contribution in [1.82, 2.24) is 9.97 Å². The molecule has 1 aliphatic carbocycles. The van der Waals surface area contributed by atoms with E-state index in [9.17, 15) is 4.79 Å². The van der Waals surface area contributed by atoms with Gasteiger partial charge >= 0.3 is 0 Å². The minimum Gasteiger partial charge on any atom is -0.448 e. The van der Waals surface area contributed by atoms with E-state index in [0.717, 1.165) is 31.7 Å². The molecule has 2 aromatic rings. The lowest BCUT2D eigenvalue weighted by atomic mass is 9.85. The van der Waals surface area contributed by atoms with Crippen LogP contribution in [-0.2, 0) is 0 Å². The molecule has 1 aliphatic heterocycles. The quantitative estimate of drug-likeness (QED) is 0.938. The molecular weight excluding hydrogens is 292 g/mol. The summed E-state index contributed by atoms with van der Waals surface area (Å²) >= 11 is 0. The zero-order chi connectivity index (χ0) is 15.6. The van der Waals surface area contributed by atoms with E-state index >= 15 is 0 Å². The Morgan fingerprint density at radius 2 is 2.04 bits per heavy atom. The van der Waals surface area contributed by atoms with Crippen LogP contribution in [0, 0.1) is 0 Å². The van der Waals surface area contributed by atoms with Gasteiger partial charge in [-0.3, -0.25) is 4.79 Å². The average Bonchev–Trinajstić information content (AvgIpc) is 3.17. The Labute approximate surface area is 134 Å². The highest BCUT2D eigenvalue weighted by atomic mass is 16.3. The van der Waals surface area contributed by atoms with Gasteiger partial charge in [0, 0.05) is 19.0 Å². The summed E-state index contributed by atoms with van der Waals surface area (Å²) in [5, 5.41) is 2.82. The topological polar surface area (TPSA) is 71.3 Å². The van der Waals surface area contributed by atoms with Crippen molar-refractivity contribution in [3.8, 4) is 0 Å². The van der Waals surface area contributed by atoms with Gasteiger partial charge in [-0.1, -0.05) is 6.42 Å². The van der Waals surface area contributed by atoms with Crippen molar-refractivity contribution >= 4 is 17.4 Å². The number of oxazole rings is 1. The third-order valence-electron chi connectivity index (χ3n) is 4.64. The maximum absolute atomic E-state index is 12.2. The maximum Gasteiger partial charge on any atom is 0.277 e. The molecule has 3 heterocycles. The number of hydrogen-bond acceptors (Lipinski definition) is 5. The van der Waals surface area contributed by atoms with Gasteiger partial charge in [0.05, 0.1) is 11.9 Å². The minimum absolute atomic E-state index is 0.255. The van der Waals surface area contributed by atoms with Crippen LogP contribution >= 0.6 is 0 Å². The molecule has 0 unspecified atom stereocenters. The highest BCUT2D eigenvalue weighted by Gasteiger charge is 2.25. The summed E-state index contributed by atoms with van der Waals surface area (Å²) in [6.45, 7) is 2.11. The molecule has 2 aromatic heterocycles. The smallest absolute Gasteiger partial charge is 0.277 e. The fourth-order valence-corrected chi connectivity index (χ4v) is 3.02. The Morgan fingerprint density at radius 1 is 1.22 bits per heavy atom. The Hall–Kier alpha value is -2.37. The van der Waals surface area contributed by atoms with Crippen LogP contribution in [0.4, 0.5) is 11.5 Å². The van der Waals surface area contributed by atoms with Crippen molar-refractivity contribution in [2.75, 3.05) is 23.3 Å². The van der Waals surface area contributed by atoms with Gasteiger partial charge in [-0.2, -0.15) is 0 Å². The first kappa shape index (κ1) is 14.2. The molecule has 6 nitrogen and oxygen atoms in total. The number of nitrogens with one attached hydrogen (secondary N) is 1. The number of aromatic nitrogens is 2. The monoisotopic (exact) mass is 312 g/mol. The molecule has 0 aromatic carbocycles. The van der Waals surface area contributed by atoms with Crippen LogP contribution in [0.5, 0.6) is 0 Å². The fraction of sp³-hybridized carbons (Fsp3) is 0.471. The molecule has 1 saturated carbocycles. The summed E-state index contributed by atoms with van der Waals surface area (Å²) in [5.74, 6) is 1.78. The number of amides is 1. The summed E-state index contributed by atoms with van der Waals surface area (Å²) in [5.41, 5.74) is 1.00. The molecule has 1 N–H and O–H groups in total. The summed E-state index contributed by atoms with van der Waals surface area (Å²) < 4.78 is 5.42. The fourth-order valence-electron chi connectivity index (χ4n) is 3.02. The second kappa shape index (κ2) is 6.02. The van der Waals surface area contributed by atoms with Gasteiger partial charge in [0.1, 0.15) is 12.1 Å². The zero-order valence-corrected chi connectivity index (χ0v) is 13.0. The second-order valence-electron chi connectivity index (χ2n) is 6.25. The van der Waals surface area contributed by atoms with E-state index in [0.29, 0.717) is 23.2 Å². The van der Waals surface area contributed by atoms with E-state index in [4.69, 9.17) is 4.42 Å². The number of carbonyl (C=O) groups is 1. The molecule has 1 saturated heterocycles. The Morgan fingerprint density at radius 3 is 2.70 bits per heavy atom. The lowest BCUT2D eigenvalue weighted by molar-refractivity contribution is 0.102. The lowest BCUT2D eigenvalue weighted by Crippen LogP contribution is -2.19. The van der Waals surface area contributed by atoms with Crippen molar-refractivity contribution < 1.29 is 9.21 Å². The molecule has 2 fully saturated rings. The van der Waals surface area contributed by atoms with Gasteiger partial charge in [-0.25, -0.2) is 9.97 Å². The van der Waals surface area contributed by atoms with Gasteiger partial charge in [-0.15, -0.1) is 0 Å². The van der Waals surface area contributed by atoms with E-state index in [-0.39, 0.29) is 5.91 Å². The van der Waals surface area contributed by atoms with Gasteiger partial charge in [-0.05, 0) is 37.8 Å². The van der Waals surface area contributed by atoms with Crippen molar-refractivity contribution in [2.45, 2.75) is 38.0 Å². The van der Waals surface area contributed by atoms with Crippen LogP contribution in [0.2, 0.25) is 0 Å². The van der Waals surface area contributed by atoms with Gasteiger partial charge < -0.3 is 14.6 Å². The van der Waals surface area contributed by atoms with Crippen molar-refractivity contribution in [1.29, 1.82) is 0 Å². The molecule has 4 rings (SSSR count). The summed E-state index contributed by atoms with van der Waals surface area (Å²) in [4.78, 5) is 23.2. The Kier molecular flexibility index (Phi) is 3.73. The zero-order valence-electron chi connectivity index (χ0n) is 13.0. The molecule has 0 spiro atoms. The van der Waals surface area contributed by atoms with Crippen molar-refractivity contribution in [2.24, 2.45) is 0 Å². The molecule has 0 atom stereocenters. The SMILES string of the molecule is O=C(Nc1ccc(N2CCCC2)nc1)c1coc(C2CCC2)n1. The first-order chi connectivity index (χ1) is 11.3. The van der Waals surface area contributed by atoms with Crippen LogP contribution < -0.4 is 10.2 Å².